The first kappa shape index (κ1) is 23.0. The second-order valence-electron chi connectivity index (χ2n) is 9.34. The third-order valence-electron chi connectivity index (χ3n) is 6.17. The van der Waals surface area contributed by atoms with Gasteiger partial charge in [0.25, 0.3) is 0 Å². The molecule has 0 bridgehead atoms. The van der Waals surface area contributed by atoms with Crippen LogP contribution in [0.3, 0.4) is 0 Å². The first-order chi connectivity index (χ1) is 15.4. The molecule has 8 heteroatoms. The molecule has 2 aliphatic heterocycles. The summed E-state index contributed by atoms with van der Waals surface area (Å²) >= 11 is 6.44. The van der Waals surface area contributed by atoms with Crippen LogP contribution >= 0.6 is 11.6 Å². The lowest BCUT2D eigenvalue weighted by molar-refractivity contribution is -0.120. The molecule has 32 heavy (non-hydrogen) atoms. The van der Waals surface area contributed by atoms with E-state index in [0.29, 0.717) is 23.3 Å². The minimum absolute atomic E-state index is 0.0132. The van der Waals surface area contributed by atoms with Gasteiger partial charge in [-0.05, 0) is 70.2 Å². The normalized spacial score (nSPS) is 22.8. The van der Waals surface area contributed by atoms with Gasteiger partial charge in [0.1, 0.15) is 11.6 Å². The number of nitrogens with zero attached hydrogens (tertiary/aromatic N) is 2. The van der Waals surface area contributed by atoms with Crippen molar-refractivity contribution >= 4 is 29.1 Å². The van der Waals surface area contributed by atoms with E-state index in [-0.39, 0.29) is 17.4 Å². The number of nitrogens with one attached hydrogen (secondary N) is 3. The molecular formula is C24H32ClN5O2. The summed E-state index contributed by atoms with van der Waals surface area (Å²) < 4.78 is 5.82. The molecule has 0 spiro atoms. The summed E-state index contributed by atoms with van der Waals surface area (Å²) in [5.41, 5.74) is 1.41. The Morgan fingerprint density at radius 1 is 1.31 bits per heavy atom. The SMILES string of the molecule is CC1(C)CC(CNc2cccc(-c3cc(NC(=O)C4CCCNC4)ncc3Cl)n2)CCO1. The molecule has 4 rings (SSSR count). The van der Waals surface area contributed by atoms with Crippen molar-refractivity contribution in [2.24, 2.45) is 11.8 Å². The summed E-state index contributed by atoms with van der Waals surface area (Å²) in [6, 6.07) is 7.63. The number of amides is 1. The standard InChI is InChI=1S/C24H32ClN5O2/c1-24(2)12-16(8-10-32-24)13-27-21-7-3-6-20(29-21)18-11-22(28-15-19(18)25)30-23(31)17-5-4-9-26-14-17/h3,6-7,11,15-17,26H,4-5,8-10,12-14H2,1-2H3,(H,27,29)(H,28,30,31). The largest absolute Gasteiger partial charge is 0.376 e. The molecule has 2 aromatic rings. The average Bonchev–Trinajstić information content (AvgIpc) is 2.79. The number of ether oxygens (including phenoxy) is 1. The molecule has 7 nitrogen and oxygen atoms in total. The Labute approximate surface area is 194 Å². The molecule has 172 valence electrons. The van der Waals surface area contributed by atoms with Gasteiger partial charge in [-0.15, -0.1) is 0 Å². The zero-order valence-electron chi connectivity index (χ0n) is 18.8. The molecule has 2 aliphatic rings. The summed E-state index contributed by atoms with van der Waals surface area (Å²) in [4.78, 5) is 21.6. The fourth-order valence-corrected chi connectivity index (χ4v) is 4.67. The fourth-order valence-electron chi connectivity index (χ4n) is 4.47. The van der Waals surface area contributed by atoms with Crippen LogP contribution in [0.25, 0.3) is 11.3 Å². The Bertz CT molecular complexity index is 946. The van der Waals surface area contributed by atoms with Crippen molar-refractivity contribution in [1.82, 2.24) is 15.3 Å². The predicted molar refractivity (Wildman–Crippen MR) is 128 cm³/mol. The van der Waals surface area contributed by atoms with E-state index in [1.54, 1.807) is 12.3 Å². The van der Waals surface area contributed by atoms with Crippen LogP contribution in [0.15, 0.2) is 30.5 Å². The van der Waals surface area contributed by atoms with Crippen LogP contribution < -0.4 is 16.0 Å². The number of halogens is 1. The van der Waals surface area contributed by atoms with Crippen LogP contribution in [0.1, 0.15) is 39.5 Å². The van der Waals surface area contributed by atoms with E-state index in [1.807, 2.05) is 18.2 Å². The molecule has 0 aromatic carbocycles. The molecule has 0 saturated carbocycles. The first-order valence-electron chi connectivity index (χ1n) is 11.4. The van der Waals surface area contributed by atoms with Crippen LogP contribution in [-0.2, 0) is 9.53 Å². The predicted octanol–water partition coefficient (Wildman–Crippen LogP) is 4.35. The number of anilines is 2. The minimum atomic E-state index is -0.0705. The van der Waals surface area contributed by atoms with Crippen molar-refractivity contribution in [3.63, 3.8) is 0 Å². The number of piperidine rings is 1. The zero-order valence-corrected chi connectivity index (χ0v) is 19.5. The van der Waals surface area contributed by atoms with Crippen molar-refractivity contribution in [3.05, 3.63) is 35.5 Å². The summed E-state index contributed by atoms with van der Waals surface area (Å²) in [6.45, 7) is 7.60. The van der Waals surface area contributed by atoms with E-state index in [2.05, 4.69) is 34.8 Å². The highest BCUT2D eigenvalue weighted by Crippen LogP contribution is 2.30. The number of carbonyl (C=O) groups is 1. The summed E-state index contributed by atoms with van der Waals surface area (Å²) in [7, 11) is 0. The molecule has 0 aliphatic carbocycles. The van der Waals surface area contributed by atoms with Gasteiger partial charge in [-0.25, -0.2) is 9.97 Å². The van der Waals surface area contributed by atoms with Gasteiger partial charge in [0.05, 0.1) is 22.2 Å². The summed E-state index contributed by atoms with van der Waals surface area (Å²) in [5.74, 6) is 1.79. The number of carbonyl (C=O) groups excluding carboxylic acids is 1. The maximum Gasteiger partial charge on any atom is 0.229 e. The quantitative estimate of drug-likeness (QED) is 0.597. The second kappa shape index (κ2) is 10.1. The molecule has 0 radical (unpaired) electrons. The van der Waals surface area contributed by atoms with Gasteiger partial charge in [0.2, 0.25) is 5.91 Å². The Balaban J connectivity index is 1.43. The van der Waals surface area contributed by atoms with Gasteiger partial charge in [-0.2, -0.15) is 0 Å². The van der Waals surface area contributed by atoms with Gasteiger partial charge in [0.15, 0.2) is 0 Å². The highest BCUT2D eigenvalue weighted by atomic mass is 35.5. The van der Waals surface area contributed by atoms with Crippen LogP contribution in [0.5, 0.6) is 0 Å². The van der Waals surface area contributed by atoms with E-state index < -0.39 is 0 Å². The molecule has 2 fully saturated rings. The van der Waals surface area contributed by atoms with Crippen LogP contribution in [0.4, 0.5) is 11.6 Å². The summed E-state index contributed by atoms with van der Waals surface area (Å²) in [5, 5.41) is 10.2. The van der Waals surface area contributed by atoms with E-state index in [9.17, 15) is 4.79 Å². The minimum Gasteiger partial charge on any atom is -0.376 e. The molecular weight excluding hydrogens is 426 g/mol. The molecule has 4 heterocycles. The van der Waals surface area contributed by atoms with Crippen molar-refractivity contribution in [3.8, 4) is 11.3 Å². The van der Waals surface area contributed by atoms with E-state index >= 15 is 0 Å². The number of hydrogen-bond acceptors (Lipinski definition) is 6. The topological polar surface area (TPSA) is 88.2 Å². The number of hydrogen-bond donors (Lipinski definition) is 3. The lowest BCUT2D eigenvalue weighted by Gasteiger charge is -2.35. The summed E-state index contributed by atoms with van der Waals surface area (Å²) in [6.07, 6.45) is 5.53. The molecule has 2 saturated heterocycles. The molecule has 2 atom stereocenters. The lowest BCUT2D eigenvalue weighted by atomic mass is 9.88. The number of pyridine rings is 2. The van der Waals surface area contributed by atoms with Gasteiger partial charge in [-0.3, -0.25) is 4.79 Å². The lowest BCUT2D eigenvalue weighted by Crippen LogP contribution is -2.37. The van der Waals surface area contributed by atoms with Crippen molar-refractivity contribution in [2.45, 2.75) is 45.1 Å². The maximum atomic E-state index is 12.6. The van der Waals surface area contributed by atoms with Gasteiger partial charge < -0.3 is 20.7 Å². The number of rotatable bonds is 6. The second-order valence-corrected chi connectivity index (χ2v) is 9.75. The zero-order chi connectivity index (χ0) is 22.6. The molecule has 2 unspecified atom stereocenters. The Kier molecular flexibility index (Phi) is 7.28. The third-order valence-corrected chi connectivity index (χ3v) is 6.47. The van der Waals surface area contributed by atoms with Crippen LogP contribution in [0.2, 0.25) is 5.02 Å². The Morgan fingerprint density at radius 3 is 2.97 bits per heavy atom. The average molecular weight is 458 g/mol. The Hall–Kier alpha value is -2.22. The highest BCUT2D eigenvalue weighted by molar-refractivity contribution is 6.33. The maximum absolute atomic E-state index is 12.6. The van der Waals surface area contributed by atoms with Crippen molar-refractivity contribution in [1.29, 1.82) is 0 Å². The van der Waals surface area contributed by atoms with E-state index in [0.717, 1.165) is 62.5 Å². The van der Waals surface area contributed by atoms with Crippen molar-refractivity contribution < 1.29 is 9.53 Å². The van der Waals surface area contributed by atoms with E-state index in [1.165, 1.54) is 0 Å². The highest BCUT2D eigenvalue weighted by Gasteiger charge is 2.28. The third kappa shape index (κ3) is 5.97. The van der Waals surface area contributed by atoms with E-state index in [4.69, 9.17) is 21.3 Å². The van der Waals surface area contributed by atoms with Crippen LogP contribution in [-0.4, -0.2) is 47.7 Å². The molecule has 2 aromatic heterocycles. The smallest absolute Gasteiger partial charge is 0.229 e. The van der Waals surface area contributed by atoms with Crippen LogP contribution in [0, 0.1) is 11.8 Å². The molecule has 3 N–H and O–H groups in total. The Morgan fingerprint density at radius 2 is 2.19 bits per heavy atom. The van der Waals surface area contributed by atoms with Crippen molar-refractivity contribution in [2.75, 3.05) is 36.9 Å². The molecule has 1 amide bonds. The van der Waals surface area contributed by atoms with Gasteiger partial charge >= 0.3 is 0 Å². The van der Waals surface area contributed by atoms with Gasteiger partial charge in [0, 0.05) is 31.5 Å². The van der Waals surface area contributed by atoms with Gasteiger partial charge in [-0.1, -0.05) is 17.7 Å². The first-order valence-corrected chi connectivity index (χ1v) is 11.8. The fraction of sp³-hybridized carbons (Fsp3) is 0.542. The monoisotopic (exact) mass is 457 g/mol. The number of aromatic nitrogens is 2.